The second-order valence-corrected chi connectivity index (χ2v) is 7.49. The van der Waals surface area contributed by atoms with Gasteiger partial charge in [-0.1, -0.05) is 41.9 Å². The summed E-state index contributed by atoms with van der Waals surface area (Å²) in [4.78, 5) is 11.0. The van der Waals surface area contributed by atoms with Gasteiger partial charge >= 0.3 is 0 Å². The Bertz CT molecular complexity index is 771. The van der Waals surface area contributed by atoms with Crippen molar-refractivity contribution in [1.82, 2.24) is 15.6 Å². The molecule has 2 N–H and O–H groups in total. The fraction of sp³-hybridized carbons (Fsp3) is 0.455. The number of guanidine groups is 1. The highest BCUT2D eigenvalue weighted by Crippen LogP contribution is 2.25. The summed E-state index contributed by atoms with van der Waals surface area (Å²) in [5.41, 5.74) is 1.31. The van der Waals surface area contributed by atoms with Gasteiger partial charge in [-0.2, -0.15) is 0 Å². The van der Waals surface area contributed by atoms with Gasteiger partial charge in [-0.25, -0.2) is 4.98 Å². The molecule has 1 aromatic heterocycles. The Balaban J connectivity index is 1.29. The number of benzene rings is 1. The van der Waals surface area contributed by atoms with Crippen molar-refractivity contribution in [3.63, 3.8) is 0 Å². The summed E-state index contributed by atoms with van der Waals surface area (Å²) >= 11 is 6.27. The highest BCUT2D eigenvalue weighted by atomic mass is 35.5. The largest absolute Gasteiger partial charge is 0.381 e. The highest BCUT2D eigenvalue weighted by Gasteiger charge is 2.25. The van der Waals surface area contributed by atoms with Crippen LogP contribution in [0, 0.1) is 0 Å². The summed E-state index contributed by atoms with van der Waals surface area (Å²) in [7, 11) is 1.80. The van der Waals surface area contributed by atoms with E-state index in [1.165, 1.54) is 5.56 Å². The predicted octanol–water partition coefficient (Wildman–Crippen LogP) is 3.13. The zero-order valence-corrected chi connectivity index (χ0v) is 17.7. The number of aromatic nitrogens is 1. The van der Waals surface area contributed by atoms with Crippen LogP contribution in [0.5, 0.6) is 0 Å². The molecule has 1 aliphatic rings. The summed E-state index contributed by atoms with van der Waals surface area (Å²) < 4.78 is 5.73. The third-order valence-corrected chi connectivity index (χ3v) is 5.22. The number of hydrogen-bond acceptors (Lipinski definition) is 4. The molecule has 1 saturated heterocycles. The lowest BCUT2D eigenvalue weighted by Gasteiger charge is -2.20. The molecule has 0 radical (unpaired) electrons. The lowest BCUT2D eigenvalue weighted by molar-refractivity contribution is 0.135. The smallest absolute Gasteiger partial charge is 0.191 e. The molecule has 0 aliphatic carbocycles. The van der Waals surface area contributed by atoms with E-state index >= 15 is 0 Å². The maximum atomic E-state index is 6.27. The molecule has 29 heavy (non-hydrogen) atoms. The zero-order chi connectivity index (χ0) is 20.3. The Morgan fingerprint density at radius 3 is 2.90 bits per heavy atom. The van der Waals surface area contributed by atoms with Gasteiger partial charge in [0.05, 0.1) is 11.6 Å². The first-order chi connectivity index (χ1) is 14.3. The van der Waals surface area contributed by atoms with Gasteiger partial charge in [-0.15, -0.1) is 0 Å². The van der Waals surface area contributed by atoms with Crippen LogP contribution in [0.3, 0.4) is 0 Å². The Hall–Kier alpha value is -2.31. The van der Waals surface area contributed by atoms with Crippen LogP contribution < -0.4 is 15.5 Å². The highest BCUT2D eigenvalue weighted by molar-refractivity contribution is 6.32. The van der Waals surface area contributed by atoms with Crippen LogP contribution in [0.25, 0.3) is 0 Å². The molecule has 3 rings (SSSR count). The Kier molecular flexibility index (Phi) is 8.58. The number of halogens is 1. The van der Waals surface area contributed by atoms with E-state index in [2.05, 4.69) is 49.8 Å². The summed E-state index contributed by atoms with van der Waals surface area (Å²) in [5.74, 6) is 1.68. The van der Waals surface area contributed by atoms with Crippen LogP contribution in [0.2, 0.25) is 5.02 Å². The minimum Gasteiger partial charge on any atom is -0.381 e. The monoisotopic (exact) mass is 415 g/mol. The first-order valence-corrected chi connectivity index (χ1v) is 10.6. The Morgan fingerprint density at radius 2 is 2.10 bits per heavy atom. The van der Waals surface area contributed by atoms with Crippen molar-refractivity contribution in [2.75, 3.05) is 44.8 Å². The molecule has 7 heteroatoms. The molecular formula is C22H30ClN5O. The van der Waals surface area contributed by atoms with Gasteiger partial charge in [0.2, 0.25) is 0 Å². The standard InChI is InChI=1S/C22H30ClN5O/c1-24-22(26-13-6-15-29-16-11-18-7-3-2-4-8-18)27-19-10-14-28(17-19)21-20(23)9-5-12-25-21/h2-5,7-9,12,19H,6,10-11,13-17H2,1H3,(H2,24,26,27). The molecule has 1 aromatic carbocycles. The predicted molar refractivity (Wildman–Crippen MR) is 120 cm³/mol. The first-order valence-electron chi connectivity index (χ1n) is 10.2. The number of rotatable bonds is 9. The number of hydrogen-bond donors (Lipinski definition) is 2. The minimum absolute atomic E-state index is 0.321. The van der Waals surface area contributed by atoms with E-state index in [0.29, 0.717) is 11.1 Å². The van der Waals surface area contributed by atoms with Crippen LogP contribution in [0.4, 0.5) is 5.82 Å². The van der Waals surface area contributed by atoms with E-state index in [4.69, 9.17) is 16.3 Å². The van der Waals surface area contributed by atoms with Gasteiger partial charge in [0.15, 0.2) is 5.96 Å². The fourth-order valence-electron chi connectivity index (χ4n) is 3.39. The summed E-state index contributed by atoms with van der Waals surface area (Å²) in [6.07, 6.45) is 4.70. The third kappa shape index (κ3) is 6.91. The molecule has 6 nitrogen and oxygen atoms in total. The molecule has 0 saturated carbocycles. The fourth-order valence-corrected chi connectivity index (χ4v) is 3.63. The second-order valence-electron chi connectivity index (χ2n) is 7.09. The zero-order valence-electron chi connectivity index (χ0n) is 17.0. The van der Waals surface area contributed by atoms with Gasteiger partial charge in [-0.05, 0) is 37.0 Å². The molecule has 0 amide bonds. The van der Waals surface area contributed by atoms with Crippen molar-refractivity contribution >= 4 is 23.4 Å². The average molecular weight is 416 g/mol. The summed E-state index contributed by atoms with van der Waals surface area (Å²) in [6, 6.07) is 14.5. The quantitative estimate of drug-likeness (QED) is 0.374. The summed E-state index contributed by atoms with van der Waals surface area (Å²) in [5, 5.41) is 7.56. The topological polar surface area (TPSA) is 61.8 Å². The molecule has 0 spiro atoms. The maximum absolute atomic E-state index is 6.27. The number of ether oxygens (including phenoxy) is 1. The summed E-state index contributed by atoms with van der Waals surface area (Å²) in [6.45, 7) is 4.12. The van der Waals surface area contributed by atoms with Gasteiger partial charge in [0, 0.05) is 45.5 Å². The molecule has 1 unspecified atom stereocenters. The number of nitrogens with one attached hydrogen (secondary N) is 2. The third-order valence-electron chi connectivity index (χ3n) is 4.93. The molecule has 0 bridgehead atoms. The van der Waals surface area contributed by atoms with E-state index in [0.717, 1.165) is 63.9 Å². The maximum Gasteiger partial charge on any atom is 0.191 e. The van der Waals surface area contributed by atoms with Crippen LogP contribution in [-0.4, -0.2) is 56.9 Å². The molecule has 1 fully saturated rings. The molecule has 156 valence electrons. The normalized spacial score (nSPS) is 16.8. The number of aliphatic imine (C=N–C) groups is 1. The average Bonchev–Trinajstić information content (AvgIpc) is 3.21. The van der Waals surface area contributed by atoms with Gasteiger partial charge < -0.3 is 20.3 Å². The van der Waals surface area contributed by atoms with Gasteiger partial charge in [0.1, 0.15) is 5.82 Å². The SMILES string of the molecule is CN=C(NCCCOCCc1ccccc1)NC1CCN(c2ncccc2Cl)C1. The van der Waals surface area contributed by atoms with Crippen LogP contribution >= 0.6 is 11.6 Å². The second kappa shape index (κ2) is 11.6. The first kappa shape index (κ1) is 21.4. The molecule has 2 aromatic rings. The lowest BCUT2D eigenvalue weighted by atomic mass is 10.2. The Labute approximate surface area is 178 Å². The number of pyridine rings is 1. The van der Waals surface area contributed by atoms with Crippen molar-refractivity contribution < 1.29 is 4.74 Å². The number of nitrogens with zero attached hydrogens (tertiary/aromatic N) is 3. The number of anilines is 1. The molecule has 1 aliphatic heterocycles. The molecule has 2 heterocycles. The van der Waals surface area contributed by atoms with E-state index in [9.17, 15) is 0 Å². The van der Waals surface area contributed by atoms with Crippen LogP contribution in [0.15, 0.2) is 53.7 Å². The van der Waals surface area contributed by atoms with E-state index in [1.54, 1.807) is 13.2 Å². The lowest BCUT2D eigenvalue weighted by Crippen LogP contribution is -2.45. The van der Waals surface area contributed by atoms with Crippen molar-refractivity contribution in [3.8, 4) is 0 Å². The van der Waals surface area contributed by atoms with E-state index < -0.39 is 0 Å². The van der Waals surface area contributed by atoms with Crippen molar-refractivity contribution in [3.05, 3.63) is 59.2 Å². The van der Waals surface area contributed by atoms with Gasteiger partial charge in [-0.3, -0.25) is 4.99 Å². The van der Waals surface area contributed by atoms with Crippen molar-refractivity contribution in [1.29, 1.82) is 0 Å². The van der Waals surface area contributed by atoms with Crippen molar-refractivity contribution in [2.45, 2.75) is 25.3 Å². The van der Waals surface area contributed by atoms with Crippen LogP contribution in [-0.2, 0) is 11.2 Å². The van der Waals surface area contributed by atoms with Crippen molar-refractivity contribution in [2.24, 2.45) is 4.99 Å². The van der Waals surface area contributed by atoms with E-state index in [1.807, 2.05) is 18.2 Å². The minimum atomic E-state index is 0.321. The van der Waals surface area contributed by atoms with Crippen LogP contribution in [0.1, 0.15) is 18.4 Å². The van der Waals surface area contributed by atoms with Gasteiger partial charge in [0.25, 0.3) is 0 Å². The molecular weight excluding hydrogens is 386 g/mol. The Morgan fingerprint density at radius 1 is 1.24 bits per heavy atom. The molecule has 1 atom stereocenters. The van der Waals surface area contributed by atoms with E-state index in [-0.39, 0.29) is 0 Å².